The molecule has 0 aromatic heterocycles. The van der Waals surface area contributed by atoms with Crippen LogP contribution < -0.4 is 10.1 Å². The molecule has 118 valence electrons. The smallest absolute Gasteiger partial charge is 0.193 e. The van der Waals surface area contributed by atoms with Crippen LogP contribution in [0.5, 0.6) is 5.75 Å². The standard InChI is InChI=1S/C16H25N3O.HI/c1-5-6-7-11-19(3)16(17-2)18-13-14-9-8-10-15(12-14)20-4;/h5,8-10,12H,1,6-7,11,13H2,2-4H3,(H,17,18);1H. The number of aliphatic imine (C=N–C) groups is 1. The van der Waals surface area contributed by atoms with Gasteiger partial charge in [-0.1, -0.05) is 18.2 Å². The first-order valence-electron chi connectivity index (χ1n) is 6.87. The molecule has 21 heavy (non-hydrogen) atoms. The van der Waals surface area contributed by atoms with Gasteiger partial charge >= 0.3 is 0 Å². The van der Waals surface area contributed by atoms with E-state index >= 15 is 0 Å². The van der Waals surface area contributed by atoms with E-state index in [9.17, 15) is 0 Å². The third-order valence-electron chi connectivity index (χ3n) is 3.06. The number of hydrogen-bond acceptors (Lipinski definition) is 2. The molecule has 0 radical (unpaired) electrons. The molecule has 1 aromatic rings. The van der Waals surface area contributed by atoms with E-state index in [4.69, 9.17) is 4.74 Å². The van der Waals surface area contributed by atoms with Crippen molar-refractivity contribution in [1.29, 1.82) is 0 Å². The zero-order chi connectivity index (χ0) is 14.8. The van der Waals surface area contributed by atoms with Gasteiger partial charge in [0.15, 0.2) is 5.96 Å². The van der Waals surface area contributed by atoms with Gasteiger partial charge in [-0.05, 0) is 30.5 Å². The summed E-state index contributed by atoms with van der Waals surface area (Å²) in [5.41, 5.74) is 1.17. The molecule has 5 heteroatoms. The molecule has 0 amide bonds. The molecule has 0 fully saturated rings. The predicted molar refractivity (Wildman–Crippen MR) is 101 cm³/mol. The highest BCUT2D eigenvalue weighted by molar-refractivity contribution is 14.0. The number of nitrogens with zero attached hydrogens (tertiary/aromatic N) is 2. The molecular formula is C16H26IN3O. The van der Waals surface area contributed by atoms with Crippen molar-refractivity contribution in [3.63, 3.8) is 0 Å². The first-order valence-corrected chi connectivity index (χ1v) is 6.87. The van der Waals surface area contributed by atoms with Crippen molar-refractivity contribution in [3.05, 3.63) is 42.5 Å². The molecule has 0 atom stereocenters. The molecule has 0 bridgehead atoms. The Morgan fingerprint density at radius 1 is 1.48 bits per heavy atom. The van der Waals surface area contributed by atoms with Crippen LogP contribution in [-0.2, 0) is 6.54 Å². The second-order valence-corrected chi connectivity index (χ2v) is 4.60. The number of benzene rings is 1. The van der Waals surface area contributed by atoms with Crippen molar-refractivity contribution in [2.24, 2.45) is 4.99 Å². The highest BCUT2D eigenvalue weighted by atomic mass is 127. The maximum Gasteiger partial charge on any atom is 0.193 e. The zero-order valence-electron chi connectivity index (χ0n) is 13.1. The monoisotopic (exact) mass is 403 g/mol. The Bertz CT molecular complexity index is 449. The van der Waals surface area contributed by atoms with Crippen molar-refractivity contribution in [3.8, 4) is 5.75 Å². The lowest BCUT2D eigenvalue weighted by molar-refractivity contribution is 0.414. The molecular weight excluding hydrogens is 377 g/mol. The molecule has 0 spiro atoms. The molecule has 0 aliphatic heterocycles. The summed E-state index contributed by atoms with van der Waals surface area (Å²) >= 11 is 0. The summed E-state index contributed by atoms with van der Waals surface area (Å²) in [6.07, 6.45) is 4.05. The maximum atomic E-state index is 5.22. The summed E-state index contributed by atoms with van der Waals surface area (Å²) in [6, 6.07) is 8.03. The summed E-state index contributed by atoms with van der Waals surface area (Å²) in [5.74, 6) is 1.77. The van der Waals surface area contributed by atoms with Crippen molar-refractivity contribution >= 4 is 29.9 Å². The lowest BCUT2D eigenvalue weighted by Gasteiger charge is -2.22. The Hall–Kier alpha value is -1.24. The molecule has 0 heterocycles. The third-order valence-corrected chi connectivity index (χ3v) is 3.06. The number of methoxy groups -OCH3 is 1. The van der Waals surface area contributed by atoms with E-state index < -0.39 is 0 Å². The van der Waals surface area contributed by atoms with Gasteiger partial charge in [-0.15, -0.1) is 30.6 Å². The Balaban J connectivity index is 0.00000400. The van der Waals surface area contributed by atoms with Gasteiger partial charge in [-0.2, -0.15) is 0 Å². The molecule has 1 rings (SSSR count). The van der Waals surface area contributed by atoms with Crippen molar-refractivity contribution in [2.45, 2.75) is 19.4 Å². The number of hydrogen-bond donors (Lipinski definition) is 1. The minimum Gasteiger partial charge on any atom is -0.497 e. The van der Waals surface area contributed by atoms with E-state index in [0.717, 1.165) is 37.6 Å². The van der Waals surface area contributed by atoms with Gasteiger partial charge in [-0.25, -0.2) is 0 Å². The van der Waals surface area contributed by atoms with Crippen LogP contribution in [0.2, 0.25) is 0 Å². The minimum absolute atomic E-state index is 0. The number of unbranched alkanes of at least 4 members (excludes halogenated alkanes) is 1. The lowest BCUT2D eigenvalue weighted by Crippen LogP contribution is -2.38. The number of allylic oxidation sites excluding steroid dienone is 1. The highest BCUT2D eigenvalue weighted by Crippen LogP contribution is 2.12. The van der Waals surface area contributed by atoms with Crippen LogP contribution >= 0.6 is 24.0 Å². The molecule has 1 aromatic carbocycles. The van der Waals surface area contributed by atoms with E-state index in [1.807, 2.05) is 31.3 Å². The van der Waals surface area contributed by atoms with Crippen LogP contribution in [0.3, 0.4) is 0 Å². The lowest BCUT2D eigenvalue weighted by atomic mass is 10.2. The van der Waals surface area contributed by atoms with Crippen LogP contribution in [0.1, 0.15) is 18.4 Å². The Morgan fingerprint density at radius 3 is 2.86 bits per heavy atom. The predicted octanol–water partition coefficient (Wildman–Crippen LogP) is 3.29. The second-order valence-electron chi connectivity index (χ2n) is 4.60. The minimum atomic E-state index is 0. The number of ether oxygens (including phenoxy) is 1. The Kier molecular flexibility index (Phi) is 10.7. The Labute approximate surface area is 145 Å². The van der Waals surface area contributed by atoms with E-state index in [1.54, 1.807) is 14.2 Å². The van der Waals surface area contributed by atoms with Crippen LogP contribution in [0, 0.1) is 0 Å². The van der Waals surface area contributed by atoms with Crippen molar-refractivity contribution < 1.29 is 4.74 Å². The van der Waals surface area contributed by atoms with Gasteiger partial charge in [0.25, 0.3) is 0 Å². The SMILES string of the molecule is C=CCCCN(C)C(=NC)NCc1cccc(OC)c1.I. The highest BCUT2D eigenvalue weighted by Gasteiger charge is 2.05. The van der Waals surface area contributed by atoms with Crippen LogP contribution in [0.15, 0.2) is 41.9 Å². The van der Waals surface area contributed by atoms with E-state index in [0.29, 0.717) is 0 Å². The number of rotatable bonds is 7. The molecule has 0 aliphatic rings. The summed E-state index contributed by atoms with van der Waals surface area (Å²) in [6.45, 7) is 5.43. The molecule has 0 unspecified atom stereocenters. The van der Waals surface area contributed by atoms with Crippen LogP contribution in [-0.4, -0.2) is 38.6 Å². The Morgan fingerprint density at radius 2 is 2.24 bits per heavy atom. The summed E-state index contributed by atoms with van der Waals surface area (Å²) in [4.78, 5) is 6.43. The normalized spacial score (nSPS) is 10.5. The average Bonchev–Trinajstić information content (AvgIpc) is 2.48. The van der Waals surface area contributed by atoms with Gasteiger partial charge < -0.3 is 15.0 Å². The quantitative estimate of drug-likeness (QED) is 0.250. The van der Waals surface area contributed by atoms with Gasteiger partial charge in [0.05, 0.1) is 7.11 Å². The fraction of sp³-hybridized carbons (Fsp3) is 0.438. The molecule has 0 aliphatic carbocycles. The van der Waals surface area contributed by atoms with Crippen LogP contribution in [0.4, 0.5) is 0 Å². The number of nitrogens with one attached hydrogen (secondary N) is 1. The van der Waals surface area contributed by atoms with Crippen molar-refractivity contribution in [1.82, 2.24) is 10.2 Å². The maximum absolute atomic E-state index is 5.22. The topological polar surface area (TPSA) is 36.9 Å². The zero-order valence-corrected chi connectivity index (χ0v) is 15.5. The summed E-state index contributed by atoms with van der Waals surface area (Å²) < 4.78 is 5.22. The van der Waals surface area contributed by atoms with Crippen molar-refractivity contribution in [2.75, 3.05) is 27.7 Å². The van der Waals surface area contributed by atoms with Gasteiger partial charge in [-0.3, -0.25) is 4.99 Å². The van der Waals surface area contributed by atoms with E-state index in [2.05, 4.69) is 27.9 Å². The van der Waals surface area contributed by atoms with E-state index in [1.165, 1.54) is 5.56 Å². The van der Waals surface area contributed by atoms with Gasteiger partial charge in [0.1, 0.15) is 5.75 Å². The first kappa shape index (κ1) is 19.8. The molecule has 0 saturated carbocycles. The molecule has 4 nitrogen and oxygen atoms in total. The van der Waals surface area contributed by atoms with Crippen LogP contribution in [0.25, 0.3) is 0 Å². The first-order chi connectivity index (χ1) is 9.71. The largest absolute Gasteiger partial charge is 0.497 e. The van der Waals surface area contributed by atoms with Gasteiger partial charge in [0, 0.05) is 27.2 Å². The second kappa shape index (κ2) is 11.4. The fourth-order valence-corrected chi connectivity index (χ4v) is 1.93. The van der Waals surface area contributed by atoms with E-state index in [-0.39, 0.29) is 24.0 Å². The fourth-order valence-electron chi connectivity index (χ4n) is 1.93. The summed E-state index contributed by atoms with van der Waals surface area (Å²) in [7, 11) is 5.53. The average molecular weight is 403 g/mol. The van der Waals surface area contributed by atoms with Gasteiger partial charge in [0.2, 0.25) is 0 Å². The third kappa shape index (κ3) is 7.36. The molecule has 0 saturated heterocycles. The number of halogens is 1. The summed E-state index contributed by atoms with van der Waals surface area (Å²) in [5, 5.41) is 3.36. The number of guanidine groups is 1. The molecule has 1 N–H and O–H groups in total.